The van der Waals surface area contributed by atoms with E-state index in [0.717, 1.165) is 12.0 Å². The average molecular weight is 384 g/mol. The quantitative estimate of drug-likeness (QED) is 0.768. The second kappa shape index (κ2) is 7.64. The lowest BCUT2D eigenvalue weighted by atomic mass is 9.87. The first-order valence-corrected chi connectivity index (χ1v) is 9.16. The summed E-state index contributed by atoms with van der Waals surface area (Å²) in [5.74, 6) is -0.938. The minimum Gasteiger partial charge on any atom is -0.507 e. The molecule has 1 heterocycles. The number of carbonyl (C=O) groups is 2. The fraction of sp³-hybridized carbons (Fsp3) is 0.364. The summed E-state index contributed by atoms with van der Waals surface area (Å²) in [6.45, 7) is 6.19. The third kappa shape index (κ3) is 3.24. The maximum Gasteiger partial charge on any atom is 0.268 e. The van der Waals surface area contributed by atoms with E-state index in [2.05, 4.69) is 19.9 Å². The van der Waals surface area contributed by atoms with Crippen LogP contribution in [0.1, 0.15) is 60.5 Å². The molecule has 3 rings (SSSR count). The molecule has 148 valence electrons. The zero-order valence-electron chi connectivity index (χ0n) is 16.7. The van der Waals surface area contributed by atoms with Gasteiger partial charge in [0.1, 0.15) is 11.5 Å². The Morgan fingerprint density at radius 2 is 1.96 bits per heavy atom. The van der Waals surface area contributed by atoms with Crippen molar-refractivity contribution in [2.24, 2.45) is 5.92 Å². The third-order valence-electron chi connectivity index (χ3n) is 5.10. The van der Waals surface area contributed by atoms with Crippen LogP contribution in [0.2, 0.25) is 0 Å². The second-order valence-electron chi connectivity index (χ2n) is 6.99. The summed E-state index contributed by atoms with van der Waals surface area (Å²) < 4.78 is 16.3. The predicted molar refractivity (Wildman–Crippen MR) is 104 cm³/mol. The first-order valence-electron chi connectivity index (χ1n) is 9.16. The van der Waals surface area contributed by atoms with Crippen LogP contribution in [0.4, 0.5) is 0 Å². The molecule has 28 heavy (non-hydrogen) atoms. The van der Waals surface area contributed by atoms with Crippen molar-refractivity contribution in [2.75, 3.05) is 14.2 Å². The molecule has 2 aliphatic rings. The maximum absolute atomic E-state index is 12.5. The van der Waals surface area contributed by atoms with Crippen LogP contribution in [-0.4, -0.2) is 30.9 Å². The number of ketones is 2. The van der Waals surface area contributed by atoms with Gasteiger partial charge < -0.3 is 19.3 Å². The number of aromatic hydroxyl groups is 1. The monoisotopic (exact) mass is 384 g/mol. The van der Waals surface area contributed by atoms with Crippen molar-refractivity contribution in [3.05, 3.63) is 51.5 Å². The summed E-state index contributed by atoms with van der Waals surface area (Å²) in [5.41, 5.74) is 2.32. The molecule has 1 aliphatic carbocycles. The molecule has 2 unspecified atom stereocenters. The SMILES string of the molecule is CCC(C)/C=C(\C)C1=Cc2cc3c(c(O)c2C(OC)O1)C(=O)C(=O)C(OC)=C3. The highest BCUT2D eigenvalue weighted by Gasteiger charge is 2.36. The van der Waals surface area contributed by atoms with Gasteiger partial charge >= 0.3 is 0 Å². The molecule has 0 radical (unpaired) electrons. The van der Waals surface area contributed by atoms with Crippen molar-refractivity contribution < 1.29 is 28.9 Å². The number of benzene rings is 1. The van der Waals surface area contributed by atoms with Crippen LogP contribution in [0.15, 0.2) is 29.2 Å². The van der Waals surface area contributed by atoms with Crippen LogP contribution in [0.5, 0.6) is 5.75 Å². The van der Waals surface area contributed by atoms with Crippen LogP contribution < -0.4 is 0 Å². The van der Waals surface area contributed by atoms with Crippen molar-refractivity contribution >= 4 is 23.7 Å². The average Bonchev–Trinajstić information content (AvgIpc) is 2.69. The normalized spacial score (nSPS) is 19.9. The number of fused-ring (bicyclic) bond motifs is 2. The number of hydrogen-bond acceptors (Lipinski definition) is 6. The van der Waals surface area contributed by atoms with Crippen LogP contribution in [0.25, 0.3) is 12.2 Å². The van der Waals surface area contributed by atoms with Crippen LogP contribution in [-0.2, 0) is 19.0 Å². The van der Waals surface area contributed by atoms with Gasteiger partial charge in [0.2, 0.25) is 12.1 Å². The van der Waals surface area contributed by atoms with E-state index in [4.69, 9.17) is 14.2 Å². The summed E-state index contributed by atoms with van der Waals surface area (Å²) >= 11 is 0. The van der Waals surface area contributed by atoms with Crippen LogP contribution >= 0.6 is 0 Å². The first-order chi connectivity index (χ1) is 13.3. The highest BCUT2D eigenvalue weighted by atomic mass is 16.7. The Kier molecular flexibility index (Phi) is 5.42. The minimum atomic E-state index is -0.892. The van der Waals surface area contributed by atoms with Gasteiger partial charge in [-0.05, 0) is 47.8 Å². The van der Waals surface area contributed by atoms with Crippen molar-refractivity contribution in [3.8, 4) is 5.75 Å². The largest absolute Gasteiger partial charge is 0.507 e. The molecule has 1 aromatic rings. The highest BCUT2D eigenvalue weighted by Crippen LogP contribution is 2.44. The number of Topliss-reactive ketones (excluding diaryl/α,β-unsaturated/α-hetero) is 2. The number of methoxy groups -OCH3 is 2. The molecule has 0 spiro atoms. The molecule has 0 aromatic heterocycles. The summed E-state index contributed by atoms with van der Waals surface area (Å²) in [4.78, 5) is 24.6. The Morgan fingerprint density at radius 1 is 1.25 bits per heavy atom. The van der Waals surface area contributed by atoms with E-state index in [1.54, 1.807) is 12.1 Å². The minimum absolute atomic E-state index is 0.0516. The van der Waals surface area contributed by atoms with Gasteiger partial charge in [0, 0.05) is 7.11 Å². The Hall–Kier alpha value is -2.86. The van der Waals surface area contributed by atoms with Gasteiger partial charge in [-0.15, -0.1) is 0 Å². The molecule has 0 amide bonds. The van der Waals surface area contributed by atoms with E-state index in [1.807, 2.05) is 6.92 Å². The van der Waals surface area contributed by atoms with Crippen LogP contribution in [0, 0.1) is 5.92 Å². The number of hydrogen-bond donors (Lipinski definition) is 1. The topological polar surface area (TPSA) is 82.1 Å². The Labute approximate surface area is 164 Å². The standard InChI is InChI=1S/C22H24O6/c1-6-11(2)7-12(3)15-9-14-8-13-10-16(26-4)19(23)21(25)17(13)20(24)18(14)22(27-5)28-15/h7-11,22,24H,6H2,1-5H3/b12-7+. The van der Waals surface area contributed by atoms with E-state index >= 15 is 0 Å². The number of rotatable bonds is 5. The maximum atomic E-state index is 12.5. The molecule has 0 saturated carbocycles. The lowest BCUT2D eigenvalue weighted by molar-refractivity contribution is -0.114. The Balaban J connectivity index is 2.20. The zero-order chi connectivity index (χ0) is 20.6. The van der Waals surface area contributed by atoms with E-state index in [-0.39, 0.29) is 17.1 Å². The fourth-order valence-electron chi connectivity index (χ4n) is 3.38. The van der Waals surface area contributed by atoms with Gasteiger partial charge in [-0.25, -0.2) is 0 Å². The molecule has 0 bridgehead atoms. The number of phenolic OH excluding ortho intramolecular Hbond substituents is 1. The molecule has 1 aromatic carbocycles. The number of ether oxygens (including phenoxy) is 3. The Bertz CT molecular complexity index is 935. The lowest BCUT2D eigenvalue weighted by Crippen LogP contribution is -2.24. The van der Waals surface area contributed by atoms with Gasteiger partial charge in [-0.3, -0.25) is 9.59 Å². The van der Waals surface area contributed by atoms with Crippen molar-refractivity contribution in [2.45, 2.75) is 33.5 Å². The van der Waals surface area contributed by atoms with Crippen LogP contribution in [0.3, 0.4) is 0 Å². The van der Waals surface area contributed by atoms with Gasteiger partial charge in [0.05, 0.1) is 18.2 Å². The molecule has 6 nitrogen and oxygen atoms in total. The molecule has 1 N–H and O–H groups in total. The molecular weight excluding hydrogens is 360 g/mol. The number of allylic oxidation sites excluding steroid dienone is 3. The number of phenols is 1. The van der Waals surface area contributed by atoms with E-state index in [0.29, 0.717) is 28.4 Å². The summed E-state index contributed by atoms with van der Waals surface area (Å²) in [5, 5.41) is 10.8. The smallest absolute Gasteiger partial charge is 0.268 e. The molecule has 0 saturated heterocycles. The molecule has 2 atom stereocenters. The van der Waals surface area contributed by atoms with E-state index in [9.17, 15) is 14.7 Å². The molecular formula is C22H24O6. The summed E-state index contributed by atoms with van der Waals surface area (Å²) in [6.07, 6.45) is 5.50. The van der Waals surface area contributed by atoms with Crippen molar-refractivity contribution in [1.29, 1.82) is 0 Å². The van der Waals surface area contributed by atoms with Crippen molar-refractivity contribution in [3.63, 3.8) is 0 Å². The van der Waals surface area contributed by atoms with E-state index < -0.39 is 17.9 Å². The fourth-order valence-corrected chi connectivity index (χ4v) is 3.38. The number of carbonyl (C=O) groups excluding carboxylic acids is 2. The third-order valence-corrected chi connectivity index (χ3v) is 5.10. The van der Waals surface area contributed by atoms with Gasteiger partial charge in [0.15, 0.2) is 5.76 Å². The lowest BCUT2D eigenvalue weighted by Gasteiger charge is -2.29. The zero-order valence-corrected chi connectivity index (χ0v) is 16.7. The van der Waals surface area contributed by atoms with Gasteiger partial charge in [-0.1, -0.05) is 26.3 Å². The molecule has 1 aliphatic heterocycles. The molecule has 0 fully saturated rings. The molecule has 6 heteroatoms. The second-order valence-corrected chi connectivity index (χ2v) is 6.99. The summed E-state index contributed by atoms with van der Waals surface area (Å²) in [6, 6.07) is 1.73. The van der Waals surface area contributed by atoms with Gasteiger partial charge in [-0.2, -0.15) is 0 Å². The van der Waals surface area contributed by atoms with Gasteiger partial charge in [0.25, 0.3) is 5.78 Å². The Morgan fingerprint density at radius 3 is 2.57 bits per heavy atom. The van der Waals surface area contributed by atoms with E-state index in [1.165, 1.54) is 20.3 Å². The summed E-state index contributed by atoms with van der Waals surface area (Å²) in [7, 11) is 2.79. The predicted octanol–water partition coefficient (Wildman–Crippen LogP) is 4.15. The first kappa shape index (κ1) is 19.9. The van der Waals surface area contributed by atoms with Crippen molar-refractivity contribution in [1.82, 2.24) is 0 Å². The highest BCUT2D eigenvalue weighted by molar-refractivity contribution is 6.51.